The first-order valence-corrected chi connectivity index (χ1v) is 10.6. The van der Waals surface area contributed by atoms with Gasteiger partial charge in [0.1, 0.15) is 0 Å². The molecular formula is C29H23N. The summed E-state index contributed by atoms with van der Waals surface area (Å²) in [6.45, 7) is 6.57. The molecule has 0 saturated heterocycles. The Morgan fingerprint density at radius 2 is 1.37 bits per heavy atom. The van der Waals surface area contributed by atoms with Crippen LogP contribution >= 0.6 is 0 Å². The predicted molar refractivity (Wildman–Crippen MR) is 125 cm³/mol. The van der Waals surface area contributed by atoms with Gasteiger partial charge in [-0.3, -0.25) is 4.99 Å². The molecular weight excluding hydrogens is 362 g/mol. The van der Waals surface area contributed by atoms with Gasteiger partial charge < -0.3 is 0 Å². The highest BCUT2D eigenvalue weighted by Crippen LogP contribution is 2.59. The first-order chi connectivity index (χ1) is 14.6. The molecule has 4 aromatic rings. The van der Waals surface area contributed by atoms with Gasteiger partial charge in [0.25, 0.3) is 0 Å². The first-order valence-electron chi connectivity index (χ1n) is 10.6. The fourth-order valence-corrected chi connectivity index (χ4v) is 5.39. The number of nitrogens with zero attached hydrogens (tertiary/aromatic N) is 1. The highest BCUT2D eigenvalue weighted by molar-refractivity contribution is 6.20. The summed E-state index contributed by atoms with van der Waals surface area (Å²) in [6.07, 6.45) is 0. The summed E-state index contributed by atoms with van der Waals surface area (Å²) in [5.41, 5.74) is 13.6. The summed E-state index contributed by atoms with van der Waals surface area (Å²) < 4.78 is 0. The van der Waals surface area contributed by atoms with Gasteiger partial charge in [-0.05, 0) is 65.3 Å². The summed E-state index contributed by atoms with van der Waals surface area (Å²) in [5.74, 6) is 0. The van der Waals surface area contributed by atoms with Crippen molar-refractivity contribution in [2.45, 2.75) is 26.2 Å². The molecule has 144 valence electrons. The van der Waals surface area contributed by atoms with Gasteiger partial charge in [0.2, 0.25) is 0 Å². The number of aliphatic imine (C=N–C) groups is 1. The van der Waals surface area contributed by atoms with Gasteiger partial charge in [0.05, 0.1) is 16.8 Å². The molecule has 1 spiro atoms. The summed E-state index contributed by atoms with van der Waals surface area (Å²) in [4.78, 5) is 5.36. The number of fused-ring (bicyclic) bond motifs is 7. The predicted octanol–water partition coefficient (Wildman–Crippen LogP) is 7.06. The maximum Gasteiger partial charge on any atom is 0.0913 e. The molecule has 1 aliphatic carbocycles. The van der Waals surface area contributed by atoms with Crippen LogP contribution in [0.15, 0.2) is 89.9 Å². The van der Waals surface area contributed by atoms with Gasteiger partial charge in [0, 0.05) is 0 Å². The van der Waals surface area contributed by atoms with E-state index in [1.54, 1.807) is 0 Å². The molecule has 4 aromatic carbocycles. The number of hydrogen-bond acceptors (Lipinski definition) is 1. The van der Waals surface area contributed by atoms with Gasteiger partial charge in [-0.15, -0.1) is 0 Å². The summed E-state index contributed by atoms with van der Waals surface area (Å²) >= 11 is 0. The van der Waals surface area contributed by atoms with E-state index in [4.69, 9.17) is 4.99 Å². The van der Waals surface area contributed by atoms with Crippen molar-refractivity contribution in [3.05, 3.63) is 124 Å². The molecule has 1 nitrogen and oxygen atoms in total. The van der Waals surface area contributed by atoms with Crippen LogP contribution in [0.25, 0.3) is 11.1 Å². The van der Waals surface area contributed by atoms with Crippen LogP contribution in [0.3, 0.4) is 0 Å². The van der Waals surface area contributed by atoms with E-state index >= 15 is 0 Å². The van der Waals surface area contributed by atoms with Crippen molar-refractivity contribution in [3.63, 3.8) is 0 Å². The lowest BCUT2D eigenvalue weighted by Crippen LogP contribution is -2.34. The Morgan fingerprint density at radius 3 is 2.20 bits per heavy atom. The highest BCUT2D eigenvalue weighted by atomic mass is 14.8. The molecule has 2 aliphatic rings. The lowest BCUT2D eigenvalue weighted by molar-refractivity contribution is 0.878. The standard InChI is InChI=1S/C29H23N/c1-18-13-15-23-22-11-7-8-12-24(22)29(26(23)17-18)25-16-14-19(2)20(3)27(25)30-28(29)21-9-5-4-6-10-21/h4-17H,1-3H3. The van der Waals surface area contributed by atoms with Gasteiger partial charge in [-0.1, -0.05) is 90.5 Å². The Bertz CT molecular complexity index is 1360. The van der Waals surface area contributed by atoms with Crippen LogP contribution in [0.5, 0.6) is 0 Å². The molecule has 0 saturated carbocycles. The Morgan fingerprint density at radius 1 is 0.633 bits per heavy atom. The lowest BCUT2D eigenvalue weighted by Gasteiger charge is -2.31. The van der Waals surface area contributed by atoms with Crippen molar-refractivity contribution >= 4 is 11.4 Å². The van der Waals surface area contributed by atoms with Crippen LogP contribution in [0.1, 0.15) is 38.9 Å². The molecule has 0 amide bonds. The minimum absolute atomic E-state index is 0.368. The van der Waals surface area contributed by atoms with Crippen LogP contribution in [-0.2, 0) is 5.41 Å². The number of aryl methyl sites for hydroxylation is 2. The van der Waals surface area contributed by atoms with Gasteiger partial charge in [-0.2, -0.15) is 0 Å². The molecule has 0 aromatic heterocycles. The zero-order chi connectivity index (χ0) is 20.5. The maximum absolute atomic E-state index is 5.36. The first kappa shape index (κ1) is 17.4. The van der Waals surface area contributed by atoms with E-state index in [-0.39, 0.29) is 5.41 Å². The number of rotatable bonds is 1. The number of benzene rings is 4. The van der Waals surface area contributed by atoms with E-state index in [0.29, 0.717) is 0 Å². The minimum atomic E-state index is -0.368. The van der Waals surface area contributed by atoms with E-state index in [2.05, 4.69) is 106 Å². The Kier molecular flexibility index (Phi) is 3.50. The largest absolute Gasteiger partial charge is 0.251 e. The Labute approximate surface area is 177 Å². The molecule has 1 aliphatic heterocycles. The molecule has 1 heterocycles. The van der Waals surface area contributed by atoms with Crippen LogP contribution < -0.4 is 0 Å². The molecule has 1 unspecified atom stereocenters. The van der Waals surface area contributed by atoms with Crippen molar-refractivity contribution < 1.29 is 0 Å². The van der Waals surface area contributed by atoms with Crippen molar-refractivity contribution in [2.75, 3.05) is 0 Å². The zero-order valence-corrected chi connectivity index (χ0v) is 17.5. The van der Waals surface area contributed by atoms with E-state index < -0.39 is 0 Å². The Balaban J connectivity index is 1.82. The maximum atomic E-state index is 5.36. The van der Waals surface area contributed by atoms with Gasteiger partial charge in [-0.25, -0.2) is 0 Å². The molecule has 1 heteroatoms. The smallest absolute Gasteiger partial charge is 0.0913 e. The second-order valence-corrected chi connectivity index (χ2v) is 8.57. The second kappa shape index (κ2) is 6.03. The average molecular weight is 386 g/mol. The van der Waals surface area contributed by atoms with Crippen molar-refractivity contribution in [3.8, 4) is 11.1 Å². The molecule has 1 atom stereocenters. The quantitative estimate of drug-likeness (QED) is 0.332. The topological polar surface area (TPSA) is 12.4 Å². The third-order valence-electron chi connectivity index (χ3n) is 6.93. The monoisotopic (exact) mass is 385 g/mol. The van der Waals surface area contributed by atoms with E-state index in [0.717, 1.165) is 11.4 Å². The molecule has 0 fully saturated rings. The SMILES string of the molecule is Cc1ccc2c(c1)C1(C(c3ccccc3)=Nc3c1ccc(C)c3C)c1ccccc1-2. The zero-order valence-electron chi connectivity index (χ0n) is 17.5. The molecule has 0 radical (unpaired) electrons. The summed E-state index contributed by atoms with van der Waals surface area (Å²) in [7, 11) is 0. The Hall–Kier alpha value is -3.45. The fourth-order valence-electron chi connectivity index (χ4n) is 5.39. The van der Waals surface area contributed by atoms with Crippen molar-refractivity contribution in [1.82, 2.24) is 0 Å². The summed E-state index contributed by atoms with van der Waals surface area (Å²) in [5, 5.41) is 0. The van der Waals surface area contributed by atoms with Crippen LogP contribution in [0, 0.1) is 20.8 Å². The normalized spacial score (nSPS) is 18.2. The van der Waals surface area contributed by atoms with E-state index in [1.807, 2.05) is 0 Å². The molecule has 6 rings (SSSR count). The van der Waals surface area contributed by atoms with E-state index in [9.17, 15) is 0 Å². The van der Waals surface area contributed by atoms with Gasteiger partial charge in [0.15, 0.2) is 0 Å². The third-order valence-corrected chi connectivity index (χ3v) is 6.93. The van der Waals surface area contributed by atoms with Crippen LogP contribution in [0.4, 0.5) is 5.69 Å². The fraction of sp³-hybridized carbons (Fsp3) is 0.138. The highest BCUT2D eigenvalue weighted by Gasteiger charge is 2.52. The third kappa shape index (κ3) is 2.05. The average Bonchev–Trinajstić information content (AvgIpc) is 3.27. The van der Waals surface area contributed by atoms with Gasteiger partial charge >= 0.3 is 0 Å². The van der Waals surface area contributed by atoms with E-state index in [1.165, 1.54) is 50.1 Å². The van der Waals surface area contributed by atoms with Crippen LogP contribution in [-0.4, -0.2) is 5.71 Å². The second-order valence-electron chi connectivity index (χ2n) is 8.57. The lowest BCUT2D eigenvalue weighted by atomic mass is 9.68. The van der Waals surface area contributed by atoms with Crippen molar-refractivity contribution in [1.29, 1.82) is 0 Å². The molecule has 0 bridgehead atoms. The van der Waals surface area contributed by atoms with Crippen molar-refractivity contribution in [2.24, 2.45) is 4.99 Å². The molecule has 0 N–H and O–H groups in total. The number of hydrogen-bond donors (Lipinski definition) is 0. The summed E-state index contributed by atoms with van der Waals surface area (Å²) in [6, 6.07) is 31.1. The molecule has 30 heavy (non-hydrogen) atoms. The minimum Gasteiger partial charge on any atom is -0.251 e. The van der Waals surface area contributed by atoms with Crippen LogP contribution in [0.2, 0.25) is 0 Å².